The molecule has 6 aromatic heterocycles. The Morgan fingerprint density at radius 3 is 1.07 bits per heavy atom. The maximum atomic E-state index is 13.5. The fourth-order valence-electron chi connectivity index (χ4n) is 14.0. The molecular weight excluding hydrogens is 1490 g/mol. The molecule has 8 N–H and O–H groups in total. The monoisotopic (exact) mass is 1630 g/mol. The van der Waals surface area contributed by atoms with Crippen molar-refractivity contribution < 1.29 is 23.3 Å². The van der Waals surface area contributed by atoms with E-state index < -0.39 is 0 Å². The standard InChI is InChI=1S/C18H27N3.C16H24N4O2.C16H23N3O.C15H20FN3O.2C15H21N3/c1-5-10-21(4)13-17-12-19-20-18(17)16-8-6-15(7-9-16)11-14(2)3;1-20(8-7-17)12-14-11-18-19-16(14)13-3-5-15(6-4-13)22-10-9-21-2;1-4-10-19(3)12-14-11-17-18-16(14)13-6-8-15(9-7-13)20-5-2;1-4-7-19(2)10-11-9-17-18-15(11)13-8-12(16)5-6-14(13)20-3;1-4-9-18(3)11-14-10-16-17-15(14)13-7-5-12(2)6-8-13;1-4-9-18(3)11-13-10-16-17-15(13)14-8-6-5-7-12(14)2/h6-9,12,14H,5,10-11,13H2,1-4H3,(H,19,20);3-6,11H,7-10,12,17H2,1-2H3,(H,18,19);6-9,11H,4-5,10,12H2,1-3H3,(H,17,18);5-6,8-9H,4,7,10H2,1-3H3,(H,17,18);2*5-8,10H,4,9,11H2,1-3H3,(H,16,17). The third-order valence-electron chi connectivity index (χ3n) is 19.7. The predicted molar refractivity (Wildman–Crippen MR) is 486 cm³/mol. The van der Waals surface area contributed by atoms with Crippen LogP contribution in [0.2, 0.25) is 0 Å². The highest BCUT2D eigenvalue weighted by molar-refractivity contribution is 5.71. The molecule has 0 aliphatic rings. The van der Waals surface area contributed by atoms with E-state index >= 15 is 0 Å². The highest BCUT2D eigenvalue weighted by atomic mass is 19.1. The van der Waals surface area contributed by atoms with Crippen LogP contribution >= 0.6 is 0 Å². The number of nitrogens with zero attached hydrogens (tertiary/aromatic N) is 12. The minimum absolute atomic E-state index is 0.289. The van der Waals surface area contributed by atoms with Crippen LogP contribution < -0.4 is 19.9 Å². The van der Waals surface area contributed by atoms with Crippen LogP contribution in [0.4, 0.5) is 4.39 Å². The van der Waals surface area contributed by atoms with E-state index in [2.05, 4.69) is 280 Å². The van der Waals surface area contributed by atoms with Crippen molar-refractivity contribution in [2.75, 3.05) is 122 Å². The molecule has 23 nitrogen and oxygen atoms in total. The maximum Gasteiger partial charge on any atom is 0.128 e. The molecule has 0 saturated carbocycles. The molecule has 0 amide bonds. The summed E-state index contributed by atoms with van der Waals surface area (Å²) in [7, 11) is 15.9. The molecule has 0 saturated heterocycles. The van der Waals surface area contributed by atoms with Crippen molar-refractivity contribution in [2.24, 2.45) is 11.7 Å². The Morgan fingerprint density at radius 1 is 0.387 bits per heavy atom. The highest BCUT2D eigenvalue weighted by Gasteiger charge is 2.19. The Bertz CT molecular complexity index is 4700. The second kappa shape index (κ2) is 52.5. The van der Waals surface area contributed by atoms with Gasteiger partial charge in [-0.25, -0.2) is 4.39 Å². The van der Waals surface area contributed by atoms with Crippen molar-refractivity contribution in [1.82, 2.24) is 90.6 Å². The Kier molecular flexibility index (Phi) is 42.2. The summed E-state index contributed by atoms with van der Waals surface area (Å²) in [4.78, 5) is 13.7. The highest BCUT2D eigenvalue weighted by Crippen LogP contribution is 2.34. The molecule has 0 aliphatic carbocycles. The van der Waals surface area contributed by atoms with Crippen LogP contribution in [0.3, 0.4) is 0 Å². The Balaban J connectivity index is 0.000000197. The second-order valence-corrected chi connectivity index (χ2v) is 31.0. The number of nitrogens with two attached hydrogens (primary N) is 1. The van der Waals surface area contributed by atoms with Crippen molar-refractivity contribution in [2.45, 2.75) is 147 Å². The van der Waals surface area contributed by atoms with Crippen LogP contribution in [0, 0.1) is 25.6 Å². The Labute approximate surface area is 708 Å². The number of aromatic nitrogens is 12. The van der Waals surface area contributed by atoms with Crippen molar-refractivity contribution in [3.05, 3.63) is 233 Å². The summed E-state index contributed by atoms with van der Waals surface area (Å²) in [6, 6.07) is 46.5. The first-order chi connectivity index (χ1) is 57.7. The molecule has 0 radical (unpaired) electrons. The van der Waals surface area contributed by atoms with Crippen LogP contribution in [0.5, 0.6) is 17.2 Å². The number of H-pyrrole nitrogens is 6. The summed E-state index contributed by atoms with van der Waals surface area (Å²) in [6.07, 6.45) is 18.3. The van der Waals surface area contributed by atoms with Crippen molar-refractivity contribution in [3.63, 3.8) is 0 Å². The largest absolute Gasteiger partial charge is 0.496 e. The number of ether oxygens (including phenoxy) is 4. The van der Waals surface area contributed by atoms with Crippen molar-refractivity contribution >= 4 is 0 Å². The molecular formula is C95H136FN19O4. The number of hydrogen-bond acceptors (Lipinski definition) is 17. The fraction of sp³-hybridized carbons (Fsp3) is 0.432. The average Bonchev–Trinajstić information content (AvgIpc) is 1.73. The molecule has 642 valence electrons. The van der Waals surface area contributed by atoms with Gasteiger partial charge in [0.1, 0.15) is 29.7 Å². The topological polar surface area (TPSA) is 254 Å². The van der Waals surface area contributed by atoms with E-state index in [9.17, 15) is 4.39 Å². The zero-order chi connectivity index (χ0) is 85.9. The molecule has 0 spiro atoms. The summed E-state index contributed by atoms with van der Waals surface area (Å²) in [5.41, 5.74) is 29.7. The number of halogens is 1. The molecule has 6 heterocycles. The normalized spacial score (nSPS) is 11.2. The predicted octanol–water partition coefficient (Wildman–Crippen LogP) is 18.4. The van der Waals surface area contributed by atoms with E-state index in [1.807, 2.05) is 74.3 Å². The number of aromatic amines is 6. The molecule has 24 heteroatoms. The first kappa shape index (κ1) is 95.7. The van der Waals surface area contributed by atoms with E-state index in [1.165, 1.54) is 87.0 Å². The quantitative estimate of drug-likeness (QED) is 0.0177. The molecule has 12 rings (SSSR count). The lowest BCUT2D eigenvalue weighted by molar-refractivity contribution is 0.146. The van der Waals surface area contributed by atoms with Gasteiger partial charge in [-0.1, -0.05) is 127 Å². The molecule has 119 heavy (non-hydrogen) atoms. The van der Waals surface area contributed by atoms with Gasteiger partial charge in [0.05, 0.1) is 91.7 Å². The van der Waals surface area contributed by atoms with Gasteiger partial charge in [-0.05, 0) is 229 Å². The summed E-state index contributed by atoms with van der Waals surface area (Å²) < 4.78 is 34.8. The number of likely N-dealkylation sites (N-methyl/N-ethyl adjacent to an activating group) is 1. The molecule has 0 unspecified atom stereocenters. The van der Waals surface area contributed by atoms with Crippen LogP contribution in [-0.4, -0.2) is 213 Å². The SMILES string of the molecule is CCCN(C)Cc1cn[nH]c1-c1cc(F)ccc1OC.CCCN(C)Cc1cn[nH]c1-c1ccc(C)cc1.CCCN(C)Cc1cn[nH]c1-c1ccc(CC(C)C)cc1.CCCN(C)Cc1cn[nH]c1-c1ccc(OCC)cc1.CCCN(C)Cc1cn[nH]c1-c1ccccc1C.COCCOc1ccc(-c2[nH]ncc2CN(C)CCN)cc1. The Morgan fingerprint density at radius 2 is 0.723 bits per heavy atom. The van der Waals surface area contributed by atoms with Crippen LogP contribution in [0.1, 0.15) is 138 Å². The summed E-state index contributed by atoms with van der Waals surface area (Å²) in [5, 5.41) is 43.6. The van der Waals surface area contributed by atoms with Gasteiger partial charge < -0.3 is 54.1 Å². The smallest absolute Gasteiger partial charge is 0.128 e. The van der Waals surface area contributed by atoms with E-state index in [1.54, 1.807) is 26.5 Å². The van der Waals surface area contributed by atoms with Gasteiger partial charge in [-0.3, -0.25) is 30.6 Å². The van der Waals surface area contributed by atoms with Gasteiger partial charge in [0.15, 0.2) is 0 Å². The van der Waals surface area contributed by atoms with Gasteiger partial charge in [-0.2, -0.15) is 30.6 Å². The van der Waals surface area contributed by atoms with E-state index in [0.29, 0.717) is 43.6 Å². The number of nitrogens with one attached hydrogen (secondary N) is 6. The lowest BCUT2D eigenvalue weighted by Gasteiger charge is -2.16. The molecule has 0 bridgehead atoms. The first-order valence-corrected chi connectivity index (χ1v) is 42.1. The fourth-order valence-corrected chi connectivity index (χ4v) is 14.0. The summed E-state index contributed by atoms with van der Waals surface area (Å²) in [6.45, 7) is 35.7. The lowest BCUT2D eigenvalue weighted by atomic mass is 10.00. The third kappa shape index (κ3) is 32.0. The van der Waals surface area contributed by atoms with Crippen LogP contribution in [0.15, 0.2) is 177 Å². The number of benzene rings is 6. The average molecular weight is 1630 g/mol. The van der Waals surface area contributed by atoms with E-state index in [-0.39, 0.29) is 5.82 Å². The van der Waals surface area contributed by atoms with E-state index in [0.717, 1.165) is 166 Å². The third-order valence-corrected chi connectivity index (χ3v) is 19.7. The van der Waals surface area contributed by atoms with Crippen molar-refractivity contribution in [1.29, 1.82) is 0 Å². The van der Waals surface area contributed by atoms with Crippen LogP contribution in [0.25, 0.3) is 67.5 Å². The Hall–Kier alpha value is -10.4. The molecule has 0 fully saturated rings. The van der Waals surface area contributed by atoms with Gasteiger partial charge in [0.2, 0.25) is 0 Å². The second-order valence-electron chi connectivity index (χ2n) is 31.0. The molecule has 6 aromatic carbocycles. The zero-order valence-corrected chi connectivity index (χ0v) is 74.3. The minimum atomic E-state index is -0.289. The van der Waals surface area contributed by atoms with Gasteiger partial charge in [0.25, 0.3) is 0 Å². The van der Waals surface area contributed by atoms with Gasteiger partial charge in [-0.15, -0.1) is 0 Å². The minimum Gasteiger partial charge on any atom is -0.496 e. The molecule has 12 aromatic rings. The first-order valence-electron chi connectivity index (χ1n) is 42.1. The number of rotatable bonds is 39. The number of aryl methyl sites for hydroxylation is 2. The van der Waals surface area contributed by atoms with Crippen molar-refractivity contribution in [3.8, 4) is 84.8 Å². The summed E-state index contributed by atoms with van der Waals surface area (Å²) in [5.74, 6) is 2.78. The zero-order valence-electron chi connectivity index (χ0n) is 74.3. The van der Waals surface area contributed by atoms with Gasteiger partial charge in [0, 0.05) is 115 Å². The van der Waals surface area contributed by atoms with Gasteiger partial charge >= 0.3 is 0 Å². The lowest BCUT2D eigenvalue weighted by Crippen LogP contribution is -2.25. The molecule has 0 aliphatic heterocycles. The molecule has 0 atom stereocenters. The van der Waals surface area contributed by atoms with E-state index in [4.69, 9.17) is 24.7 Å². The summed E-state index contributed by atoms with van der Waals surface area (Å²) >= 11 is 0. The van der Waals surface area contributed by atoms with Crippen LogP contribution in [-0.2, 0) is 50.4 Å². The number of methoxy groups -OCH3 is 2. The maximum absolute atomic E-state index is 13.5. The number of hydrogen-bond donors (Lipinski definition) is 7.